The quantitative estimate of drug-likeness (QED) is 0.857. The molecule has 118 valence electrons. The predicted molar refractivity (Wildman–Crippen MR) is 85.2 cm³/mol. The van der Waals surface area contributed by atoms with Crippen molar-refractivity contribution in [1.82, 2.24) is 14.8 Å². The summed E-state index contributed by atoms with van der Waals surface area (Å²) in [6, 6.07) is 3.53. The van der Waals surface area contributed by atoms with Crippen molar-refractivity contribution < 1.29 is 9.53 Å². The molecule has 2 heterocycles. The van der Waals surface area contributed by atoms with Gasteiger partial charge in [0, 0.05) is 19.3 Å². The van der Waals surface area contributed by atoms with E-state index in [4.69, 9.17) is 4.74 Å². The predicted octanol–water partition coefficient (Wildman–Crippen LogP) is 2.18. The summed E-state index contributed by atoms with van der Waals surface area (Å²) in [5.41, 5.74) is 4.66. The lowest BCUT2D eigenvalue weighted by Gasteiger charge is -2.09. The van der Waals surface area contributed by atoms with Crippen LogP contribution in [0, 0.1) is 20.8 Å². The molecule has 0 bridgehead atoms. The summed E-state index contributed by atoms with van der Waals surface area (Å²) in [7, 11) is 3.32. The van der Waals surface area contributed by atoms with Crippen molar-refractivity contribution in [3.8, 4) is 0 Å². The number of aromatic nitrogens is 3. The fourth-order valence-corrected chi connectivity index (χ4v) is 2.48. The number of rotatable bonds is 5. The lowest BCUT2D eigenvalue weighted by Crippen LogP contribution is -2.10. The molecular formula is C16H22N4O2. The van der Waals surface area contributed by atoms with Gasteiger partial charge in [-0.1, -0.05) is 0 Å². The van der Waals surface area contributed by atoms with Gasteiger partial charge in [0.05, 0.1) is 24.1 Å². The number of nitrogens with one attached hydrogen (secondary N) is 1. The zero-order chi connectivity index (χ0) is 16.3. The first-order valence-corrected chi connectivity index (χ1v) is 7.23. The zero-order valence-corrected chi connectivity index (χ0v) is 13.7. The van der Waals surface area contributed by atoms with Crippen LogP contribution in [0.5, 0.6) is 0 Å². The summed E-state index contributed by atoms with van der Waals surface area (Å²) >= 11 is 0. The molecule has 2 aromatic rings. The molecule has 0 aliphatic rings. The van der Waals surface area contributed by atoms with Crippen LogP contribution < -0.4 is 5.32 Å². The summed E-state index contributed by atoms with van der Waals surface area (Å²) in [6.45, 7) is 6.66. The van der Waals surface area contributed by atoms with Gasteiger partial charge in [-0.3, -0.25) is 4.68 Å². The van der Waals surface area contributed by atoms with Crippen LogP contribution in [0.25, 0.3) is 0 Å². The van der Waals surface area contributed by atoms with Crippen molar-refractivity contribution in [2.45, 2.75) is 27.2 Å². The maximum Gasteiger partial charge on any atom is 0.339 e. The number of nitrogens with zero attached hydrogens (tertiary/aromatic N) is 3. The lowest BCUT2D eigenvalue weighted by atomic mass is 10.1. The van der Waals surface area contributed by atoms with Gasteiger partial charge in [-0.25, -0.2) is 9.78 Å². The second-order valence-electron chi connectivity index (χ2n) is 5.27. The van der Waals surface area contributed by atoms with Crippen molar-refractivity contribution in [2.75, 3.05) is 19.0 Å². The van der Waals surface area contributed by atoms with E-state index >= 15 is 0 Å². The standard InChI is InChI=1S/C16H22N4O2/c1-10-14(16(21)22-5)6-7-15(18-10)17-9-8-13-11(2)19-20(4)12(13)3/h6-7H,8-9H2,1-5H3,(H,17,18). The number of hydrogen-bond acceptors (Lipinski definition) is 5. The van der Waals surface area contributed by atoms with Crippen LogP contribution in [0.15, 0.2) is 12.1 Å². The van der Waals surface area contributed by atoms with E-state index in [-0.39, 0.29) is 5.97 Å². The SMILES string of the molecule is COC(=O)c1ccc(NCCc2c(C)nn(C)c2C)nc1C. The normalized spacial score (nSPS) is 10.6. The summed E-state index contributed by atoms with van der Waals surface area (Å²) in [6.07, 6.45) is 0.880. The Hall–Kier alpha value is -2.37. The highest BCUT2D eigenvalue weighted by atomic mass is 16.5. The summed E-state index contributed by atoms with van der Waals surface area (Å²) in [5.74, 6) is 0.391. The van der Waals surface area contributed by atoms with E-state index in [1.165, 1.54) is 18.4 Å². The largest absolute Gasteiger partial charge is 0.465 e. The van der Waals surface area contributed by atoms with Crippen LogP contribution in [-0.4, -0.2) is 34.4 Å². The minimum Gasteiger partial charge on any atom is -0.465 e. The van der Waals surface area contributed by atoms with Crippen LogP contribution in [0.2, 0.25) is 0 Å². The number of aryl methyl sites for hydroxylation is 3. The fraction of sp³-hybridized carbons (Fsp3) is 0.438. The number of ether oxygens (including phenoxy) is 1. The number of esters is 1. The summed E-state index contributed by atoms with van der Waals surface area (Å²) < 4.78 is 6.62. The van der Waals surface area contributed by atoms with E-state index in [1.807, 2.05) is 18.7 Å². The van der Waals surface area contributed by atoms with Gasteiger partial charge in [-0.05, 0) is 44.9 Å². The summed E-state index contributed by atoms with van der Waals surface area (Å²) in [5, 5.41) is 7.69. The average molecular weight is 302 g/mol. The maximum atomic E-state index is 11.5. The van der Waals surface area contributed by atoms with Crippen molar-refractivity contribution in [3.05, 3.63) is 40.3 Å². The Balaban J connectivity index is 2.00. The second-order valence-corrected chi connectivity index (χ2v) is 5.27. The highest BCUT2D eigenvalue weighted by molar-refractivity contribution is 5.90. The number of methoxy groups -OCH3 is 1. The number of anilines is 1. The molecule has 0 aliphatic heterocycles. The minimum absolute atomic E-state index is 0.363. The van der Waals surface area contributed by atoms with E-state index in [0.717, 1.165) is 24.5 Å². The first-order chi connectivity index (χ1) is 10.4. The van der Waals surface area contributed by atoms with Crippen molar-refractivity contribution in [1.29, 1.82) is 0 Å². The molecule has 0 aliphatic carbocycles. The van der Waals surface area contributed by atoms with E-state index < -0.39 is 0 Å². The first-order valence-electron chi connectivity index (χ1n) is 7.23. The summed E-state index contributed by atoms with van der Waals surface area (Å²) in [4.78, 5) is 15.9. The zero-order valence-electron chi connectivity index (χ0n) is 13.7. The molecular weight excluding hydrogens is 280 g/mol. The topological polar surface area (TPSA) is 69.0 Å². The highest BCUT2D eigenvalue weighted by Gasteiger charge is 2.11. The monoisotopic (exact) mass is 302 g/mol. The Kier molecular flexibility index (Phi) is 4.80. The third kappa shape index (κ3) is 3.27. The van der Waals surface area contributed by atoms with Crippen molar-refractivity contribution >= 4 is 11.8 Å². The van der Waals surface area contributed by atoms with Crippen LogP contribution in [0.4, 0.5) is 5.82 Å². The Morgan fingerprint density at radius 1 is 1.27 bits per heavy atom. The van der Waals surface area contributed by atoms with Crippen LogP contribution >= 0.6 is 0 Å². The molecule has 0 unspecified atom stereocenters. The molecule has 0 saturated heterocycles. The molecule has 0 fully saturated rings. The Labute approximate surface area is 130 Å². The maximum absolute atomic E-state index is 11.5. The number of pyridine rings is 1. The Morgan fingerprint density at radius 3 is 2.55 bits per heavy atom. The van der Waals surface area contributed by atoms with Crippen LogP contribution in [0.3, 0.4) is 0 Å². The lowest BCUT2D eigenvalue weighted by molar-refractivity contribution is 0.0599. The molecule has 22 heavy (non-hydrogen) atoms. The molecule has 1 N–H and O–H groups in total. The minimum atomic E-state index is -0.363. The third-order valence-electron chi connectivity index (χ3n) is 3.83. The molecule has 2 rings (SSSR count). The number of carbonyl (C=O) groups excluding carboxylic acids is 1. The number of carbonyl (C=O) groups is 1. The van der Waals surface area contributed by atoms with Crippen molar-refractivity contribution in [3.63, 3.8) is 0 Å². The molecule has 0 atom stereocenters. The van der Waals surface area contributed by atoms with E-state index in [9.17, 15) is 4.79 Å². The van der Waals surface area contributed by atoms with Gasteiger partial charge >= 0.3 is 5.97 Å². The molecule has 2 aromatic heterocycles. The van der Waals surface area contributed by atoms with E-state index in [0.29, 0.717) is 11.3 Å². The van der Waals surface area contributed by atoms with E-state index in [1.54, 1.807) is 19.1 Å². The highest BCUT2D eigenvalue weighted by Crippen LogP contribution is 2.14. The Morgan fingerprint density at radius 2 is 2.00 bits per heavy atom. The van der Waals surface area contributed by atoms with Crippen LogP contribution in [0.1, 0.15) is 33.0 Å². The molecule has 0 spiro atoms. The van der Waals surface area contributed by atoms with Crippen LogP contribution in [-0.2, 0) is 18.2 Å². The first kappa shape index (κ1) is 16.0. The molecule has 0 amide bonds. The molecule has 0 saturated carbocycles. The molecule has 0 radical (unpaired) electrons. The smallest absolute Gasteiger partial charge is 0.339 e. The van der Waals surface area contributed by atoms with Gasteiger partial charge in [0.2, 0.25) is 0 Å². The van der Waals surface area contributed by atoms with Gasteiger partial charge in [-0.15, -0.1) is 0 Å². The van der Waals surface area contributed by atoms with Gasteiger partial charge in [0.25, 0.3) is 0 Å². The van der Waals surface area contributed by atoms with Gasteiger partial charge in [0.15, 0.2) is 0 Å². The Bertz CT molecular complexity index is 692. The molecule has 6 heteroatoms. The van der Waals surface area contributed by atoms with E-state index in [2.05, 4.69) is 22.3 Å². The van der Waals surface area contributed by atoms with Crippen molar-refractivity contribution in [2.24, 2.45) is 7.05 Å². The average Bonchev–Trinajstić information content (AvgIpc) is 2.73. The third-order valence-corrected chi connectivity index (χ3v) is 3.83. The van der Waals surface area contributed by atoms with Gasteiger partial charge < -0.3 is 10.1 Å². The van der Waals surface area contributed by atoms with Gasteiger partial charge in [0.1, 0.15) is 5.82 Å². The van der Waals surface area contributed by atoms with Gasteiger partial charge in [-0.2, -0.15) is 5.10 Å². The molecule has 0 aromatic carbocycles. The fourth-order valence-electron chi connectivity index (χ4n) is 2.48. The number of hydrogen-bond donors (Lipinski definition) is 1. The molecule has 6 nitrogen and oxygen atoms in total. The second kappa shape index (κ2) is 6.60.